The van der Waals surface area contributed by atoms with Crippen LogP contribution in [0.5, 0.6) is 0 Å². The first-order valence-corrected chi connectivity index (χ1v) is 7.18. The largest absolute Gasteiger partial charge is 0.330 e. The van der Waals surface area contributed by atoms with E-state index in [4.69, 9.17) is 5.73 Å². The van der Waals surface area contributed by atoms with E-state index in [2.05, 4.69) is 43.9 Å². The zero-order valence-electron chi connectivity index (χ0n) is 11.9. The Labute approximate surface area is 111 Å². The Bertz CT molecular complexity index is 380. The highest BCUT2D eigenvalue weighted by atomic mass is 15.2. The van der Waals surface area contributed by atoms with Crippen molar-refractivity contribution < 1.29 is 0 Å². The molecule has 1 saturated heterocycles. The fourth-order valence-electron chi connectivity index (χ4n) is 3.38. The van der Waals surface area contributed by atoms with E-state index in [1.165, 1.54) is 42.6 Å². The van der Waals surface area contributed by atoms with Gasteiger partial charge >= 0.3 is 0 Å². The van der Waals surface area contributed by atoms with E-state index in [1.807, 2.05) is 0 Å². The fraction of sp³-hybridized carbons (Fsp3) is 0.625. The topological polar surface area (TPSA) is 29.3 Å². The Balaban J connectivity index is 2.30. The first-order chi connectivity index (χ1) is 8.65. The van der Waals surface area contributed by atoms with Crippen LogP contribution in [-0.4, -0.2) is 24.5 Å². The van der Waals surface area contributed by atoms with Gasteiger partial charge in [0.1, 0.15) is 0 Å². The third-order valence-electron chi connectivity index (χ3n) is 4.03. The summed E-state index contributed by atoms with van der Waals surface area (Å²) in [7, 11) is 0. The highest BCUT2D eigenvalue weighted by molar-refractivity contribution is 5.31. The molecule has 2 nitrogen and oxygen atoms in total. The Hall–Kier alpha value is -0.860. The SMILES string of the molecule is CCCN1CCC(CN)C1c1cc(C)cc(C)c1. The molecule has 0 bridgehead atoms. The third kappa shape index (κ3) is 2.76. The number of hydrogen-bond donors (Lipinski definition) is 1. The molecule has 0 aromatic heterocycles. The molecule has 2 heteroatoms. The second-order valence-corrected chi connectivity index (χ2v) is 5.69. The van der Waals surface area contributed by atoms with Crippen molar-refractivity contribution in [1.82, 2.24) is 4.90 Å². The van der Waals surface area contributed by atoms with Gasteiger partial charge in [-0.2, -0.15) is 0 Å². The van der Waals surface area contributed by atoms with E-state index < -0.39 is 0 Å². The second-order valence-electron chi connectivity index (χ2n) is 5.69. The Kier molecular flexibility index (Phi) is 4.41. The monoisotopic (exact) mass is 246 g/mol. The van der Waals surface area contributed by atoms with Crippen LogP contribution in [0.1, 0.15) is 42.5 Å². The number of benzene rings is 1. The average molecular weight is 246 g/mol. The van der Waals surface area contributed by atoms with Crippen LogP contribution >= 0.6 is 0 Å². The van der Waals surface area contributed by atoms with Crippen LogP contribution in [0.3, 0.4) is 0 Å². The fourth-order valence-corrected chi connectivity index (χ4v) is 3.38. The number of likely N-dealkylation sites (tertiary alicyclic amines) is 1. The van der Waals surface area contributed by atoms with Crippen LogP contribution in [0.15, 0.2) is 18.2 Å². The Morgan fingerprint density at radius 2 is 1.89 bits per heavy atom. The minimum Gasteiger partial charge on any atom is -0.330 e. The summed E-state index contributed by atoms with van der Waals surface area (Å²) in [6, 6.07) is 7.47. The zero-order chi connectivity index (χ0) is 13.1. The van der Waals surface area contributed by atoms with E-state index in [9.17, 15) is 0 Å². The van der Waals surface area contributed by atoms with Crippen molar-refractivity contribution in [2.75, 3.05) is 19.6 Å². The van der Waals surface area contributed by atoms with Gasteiger partial charge in [-0.3, -0.25) is 4.90 Å². The van der Waals surface area contributed by atoms with Crippen molar-refractivity contribution in [3.8, 4) is 0 Å². The van der Waals surface area contributed by atoms with E-state index >= 15 is 0 Å². The summed E-state index contributed by atoms with van der Waals surface area (Å²) in [5, 5.41) is 0. The minimum atomic E-state index is 0.536. The second kappa shape index (κ2) is 5.85. The quantitative estimate of drug-likeness (QED) is 0.885. The molecule has 100 valence electrons. The number of aryl methyl sites for hydroxylation is 2. The molecule has 18 heavy (non-hydrogen) atoms. The van der Waals surface area contributed by atoms with Gasteiger partial charge in [0.25, 0.3) is 0 Å². The van der Waals surface area contributed by atoms with Gasteiger partial charge in [-0.1, -0.05) is 36.2 Å². The molecular weight excluding hydrogens is 220 g/mol. The first kappa shape index (κ1) is 13.6. The number of nitrogens with zero attached hydrogens (tertiary/aromatic N) is 1. The van der Waals surface area contributed by atoms with Crippen molar-refractivity contribution in [2.24, 2.45) is 11.7 Å². The molecule has 2 rings (SSSR count). The molecule has 2 unspecified atom stereocenters. The summed E-state index contributed by atoms with van der Waals surface area (Å²) in [6.45, 7) is 9.83. The van der Waals surface area contributed by atoms with Gasteiger partial charge in [-0.15, -0.1) is 0 Å². The number of hydrogen-bond acceptors (Lipinski definition) is 2. The van der Waals surface area contributed by atoms with Crippen LogP contribution in [0, 0.1) is 19.8 Å². The molecule has 0 amide bonds. The molecule has 2 N–H and O–H groups in total. The summed E-state index contributed by atoms with van der Waals surface area (Å²) in [5.74, 6) is 0.623. The van der Waals surface area contributed by atoms with Crippen molar-refractivity contribution in [2.45, 2.75) is 39.7 Å². The van der Waals surface area contributed by atoms with Gasteiger partial charge in [0.15, 0.2) is 0 Å². The highest BCUT2D eigenvalue weighted by Crippen LogP contribution is 2.37. The zero-order valence-corrected chi connectivity index (χ0v) is 11.9. The average Bonchev–Trinajstić information content (AvgIpc) is 2.71. The van der Waals surface area contributed by atoms with Gasteiger partial charge in [-0.05, 0) is 57.8 Å². The predicted octanol–water partition coefficient (Wildman–Crippen LogP) is 3.04. The van der Waals surface area contributed by atoms with E-state index in [0.717, 1.165) is 6.54 Å². The lowest BCUT2D eigenvalue weighted by molar-refractivity contribution is 0.230. The van der Waals surface area contributed by atoms with Crippen molar-refractivity contribution in [3.05, 3.63) is 34.9 Å². The van der Waals surface area contributed by atoms with Crippen LogP contribution in [-0.2, 0) is 0 Å². The predicted molar refractivity (Wildman–Crippen MR) is 77.7 cm³/mol. The maximum absolute atomic E-state index is 5.97. The highest BCUT2D eigenvalue weighted by Gasteiger charge is 2.33. The Morgan fingerprint density at radius 1 is 1.22 bits per heavy atom. The normalized spacial score (nSPS) is 24.7. The minimum absolute atomic E-state index is 0.536. The molecule has 0 saturated carbocycles. The molecule has 2 atom stereocenters. The molecule has 1 aromatic rings. The van der Waals surface area contributed by atoms with Crippen LogP contribution in [0.25, 0.3) is 0 Å². The van der Waals surface area contributed by atoms with E-state index in [1.54, 1.807) is 0 Å². The summed E-state index contributed by atoms with van der Waals surface area (Å²) in [4.78, 5) is 2.62. The van der Waals surface area contributed by atoms with Crippen LogP contribution in [0.2, 0.25) is 0 Å². The molecule has 0 aliphatic carbocycles. The van der Waals surface area contributed by atoms with E-state index in [-0.39, 0.29) is 0 Å². The van der Waals surface area contributed by atoms with Gasteiger partial charge < -0.3 is 5.73 Å². The van der Waals surface area contributed by atoms with Gasteiger partial charge in [0, 0.05) is 6.04 Å². The lowest BCUT2D eigenvalue weighted by Crippen LogP contribution is -2.29. The summed E-state index contributed by atoms with van der Waals surface area (Å²) in [6.07, 6.45) is 2.47. The maximum atomic E-state index is 5.97. The molecular formula is C16H26N2. The van der Waals surface area contributed by atoms with Crippen molar-refractivity contribution in [3.63, 3.8) is 0 Å². The summed E-state index contributed by atoms with van der Waals surface area (Å²) >= 11 is 0. The van der Waals surface area contributed by atoms with Crippen LogP contribution < -0.4 is 5.73 Å². The summed E-state index contributed by atoms with van der Waals surface area (Å²) < 4.78 is 0. The lowest BCUT2D eigenvalue weighted by Gasteiger charge is -2.28. The summed E-state index contributed by atoms with van der Waals surface area (Å²) in [5.41, 5.74) is 10.2. The van der Waals surface area contributed by atoms with E-state index in [0.29, 0.717) is 12.0 Å². The molecule has 1 aliphatic rings. The molecule has 1 heterocycles. The molecule has 1 aromatic carbocycles. The van der Waals surface area contributed by atoms with Crippen molar-refractivity contribution in [1.29, 1.82) is 0 Å². The smallest absolute Gasteiger partial charge is 0.0388 e. The van der Waals surface area contributed by atoms with Gasteiger partial charge in [0.05, 0.1) is 0 Å². The molecule has 0 spiro atoms. The molecule has 1 fully saturated rings. The number of rotatable bonds is 4. The lowest BCUT2D eigenvalue weighted by atomic mass is 9.91. The maximum Gasteiger partial charge on any atom is 0.0388 e. The van der Waals surface area contributed by atoms with Gasteiger partial charge in [0.2, 0.25) is 0 Å². The Morgan fingerprint density at radius 3 is 2.44 bits per heavy atom. The standard InChI is InChI=1S/C16H26N2/c1-4-6-18-7-5-14(11-17)16(18)15-9-12(2)8-13(3)10-15/h8-10,14,16H,4-7,11,17H2,1-3H3. The molecule has 1 aliphatic heterocycles. The number of nitrogens with two attached hydrogens (primary N) is 1. The van der Waals surface area contributed by atoms with Gasteiger partial charge in [-0.25, -0.2) is 0 Å². The first-order valence-electron chi connectivity index (χ1n) is 7.18. The molecule has 0 radical (unpaired) electrons. The van der Waals surface area contributed by atoms with Crippen molar-refractivity contribution >= 4 is 0 Å². The third-order valence-corrected chi connectivity index (χ3v) is 4.03. The van der Waals surface area contributed by atoms with Crippen LogP contribution in [0.4, 0.5) is 0 Å².